The Hall–Kier alpha value is -3.55. The van der Waals surface area contributed by atoms with E-state index in [4.69, 9.17) is 13.9 Å². The van der Waals surface area contributed by atoms with Crippen molar-refractivity contribution in [2.75, 3.05) is 18.5 Å². The Kier molecular flexibility index (Phi) is 6.01. The summed E-state index contributed by atoms with van der Waals surface area (Å²) in [7, 11) is 0. The largest absolute Gasteiger partial charge is 0.490 e. The summed E-state index contributed by atoms with van der Waals surface area (Å²) in [5, 5.41) is 14.9. The lowest BCUT2D eigenvalue weighted by molar-refractivity contribution is -0.384. The first-order chi connectivity index (χ1) is 13.9. The molecule has 0 saturated heterocycles. The van der Waals surface area contributed by atoms with E-state index in [1.165, 1.54) is 18.4 Å². The van der Waals surface area contributed by atoms with E-state index in [0.717, 1.165) is 10.9 Å². The van der Waals surface area contributed by atoms with Gasteiger partial charge in [0.2, 0.25) is 5.91 Å². The fourth-order valence-electron chi connectivity index (χ4n) is 3.03. The van der Waals surface area contributed by atoms with Gasteiger partial charge < -0.3 is 19.2 Å². The molecule has 2 aromatic carbocycles. The first-order valence-corrected chi connectivity index (χ1v) is 9.27. The van der Waals surface area contributed by atoms with Gasteiger partial charge in [-0.3, -0.25) is 14.9 Å². The van der Waals surface area contributed by atoms with Crippen LogP contribution in [0.15, 0.2) is 41.0 Å². The Morgan fingerprint density at radius 3 is 2.48 bits per heavy atom. The van der Waals surface area contributed by atoms with Gasteiger partial charge in [0.05, 0.1) is 36.9 Å². The average molecular weight is 398 g/mol. The third kappa shape index (κ3) is 4.48. The summed E-state index contributed by atoms with van der Waals surface area (Å²) >= 11 is 0. The zero-order chi connectivity index (χ0) is 21.0. The van der Waals surface area contributed by atoms with E-state index in [2.05, 4.69) is 5.32 Å². The molecule has 3 rings (SSSR count). The van der Waals surface area contributed by atoms with E-state index in [1.54, 1.807) is 13.8 Å². The van der Waals surface area contributed by atoms with Crippen LogP contribution in [0.4, 0.5) is 11.4 Å². The highest BCUT2D eigenvalue weighted by atomic mass is 16.6. The molecule has 0 aliphatic carbocycles. The van der Waals surface area contributed by atoms with E-state index in [0.29, 0.717) is 30.1 Å². The van der Waals surface area contributed by atoms with Crippen molar-refractivity contribution in [1.29, 1.82) is 0 Å². The zero-order valence-corrected chi connectivity index (χ0v) is 16.5. The molecular formula is C21H22N2O6. The number of aryl methyl sites for hydroxylation is 1. The number of nitrogens with one attached hydrogen (secondary N) is 1. The molecule has 0 aliphatic rings. The number of anilines is 1. The number of nitro benzene ring substituents is 1. The van der Waals surface area contributed by atoms with Crippen LogP contribution in [0.3, 0.4) is 0 Å². The number of hydrogen-bond donors (Lipinski definition) is 1. The summed E-state index contributed by atoms with van der Waals surface area (Å²) in [5.41, 5.74) is 2.24. The van der Waals surface area contributed by atoms with Gasteiger partial charge in [-0.2, -0.15) is 0 Å². The molecule has 29 heavy (non-hydrogen) atoms. The minimum atomic E-state index is -0.566. The Morgan fingerprint density at radius 2 is 1.83 bits per heavy atom. The molecule has 0 atom stereocenters. The Morgan fingerprint density at radius 1 is 1.14 bits per heavy atom. The molecule has 0 unspecified atom stereocenters. The predicted octanol–water partition coefficient (Wildman–Crippen LogP) is 4.63. The number of amides is 1. The first-order valence-electron chi connectivity index (χ1n) is 9.27. The number of fused-ring (bicyclic) bond motifs is 1. The van der Waals surface area contributed by atoms with E-state index in [-0.39, 0.29) is 23.5 Å². The smallest absolute Gasteiger partial charge is 0.296 e. The minimum Gasteiger partial charge on any atom is -0.490 e. The molecule has 0 fully saturated rings. The summed E-state index contributed by atoms with van der Waals surface area (Å²) in [6.45, 7) is 6.20. The molecule has 1 amide bonds. The summed E-state index contributed by atoms with van der Waals surface area (Å²) in [6, 6.07) is 8.40. The van der Waals surface area contributed by atoms with Crippen LogP contribution in [0.2, 0.25) is 0 Å². The summed E-state index contributed by atoms with van der Waals surface area (Å²) < 4.78 is 16.4. The second-order valence-electron chi connectivity index (χ2n) is 6.42. The molecule has 0 bridgehead atoms. The predicted molar refractivity (Wildman–Crippen MR) is 109 cm³/mol. The summed E-state index contributed by atoms with van der Waals surface area (Å²) in [6.07, 6.45) is 1.55. The normalized spacial score (nSPS) is 10.7. The zero-order valence-electron chi connectivity index (χ0n) is 16.5. The molecule has 8 nitrogen and oxygen atoms in total. The second-order valence-corrected chi connectivity index (χ2v) is 6.42. The van der Waals surface area contributed by atoms with E-state index < -0.39 is 10.8 Å². The van der Waals surface area contributed by atoms with Gasteiger partial charge >= 0.3 is 0 Å². The maximum absolute atomic E-state index is 12.6. The number of benzene rings is 2. The van der Waals surface area contributed by atoms with Crippen LogP contribution in [0, 0.1) is 17.0 Å². The van der Waals surface area contributed by atoms with Crippen molar-refractivity contribution < 1.29 is 23.6 Å². The fraction of sp³-hybridized carbons (Fsp3) is 0.286. The lowest BCUT2D eigenvalue weighted by Gasteiger charge is -2.13. The fourth-order valence-corrected chi connectivity index (χ4v) is 3.03. The average Bonchev–Trinajstić information content (AvgIpc) is 3.05. The Balaban J connectivity index is 1.88. The second kappa shape index (κ2) is 8.64. The maximum Gasteiger partial charge on any atom is 0.296 e. The molecule has 0 saturated carbocycles. The van der Waals surface area contributed by atoms with Crippen LogP contribution in [0.1, 0.15) is 25.0 Å². The van der Waals surface area contributed by atoms with Crippen molar-refractivity contribution >= 4 is 28.3 Å². The van der Waals surface area contributed by atoms with Crippen molar-refractivity contribution in [2.45, 2.75) is 27.2 Å². The van der Waals surface area contributed by atoms with Gasteiger partial charge in [0, 0.05) is 17.0 Å². The van der Waals surface area contributed by atoms with Gasteiger partial charge in [0.15, 0.2) is 11.5 Å². The monoisotopic (exact) mass is 398 g/mol. The number of carbonyl (C=O) groups excluding carboxylic acids is 1. The van der Waals surface area contributed by atoms with E-state index in [1.807, 2.05) is 25.1 Å². The maximum atomic E-state index is 12.6. The van der Waals surface area contributed by atoms with E-state index >= 15 is 0 Å². The number of ether oxygens (including phenoxy) is 2. The SMILES string of the molecule is CCOc1cc(NC(=O)Cc2coc3cc(C)ccc23)c([N+](=O)[O-])cc1OCC. The molecular weight excluding hydrogens is 376 g/mol. The van der Waals surface area contributed by atoms with Gasteiger partial charge in [0.25, 0.3) is 5.69 Å². The van der Waals surface area contributed by atoms with Crippen LogP contribution >= 0.6 is 0 Å². The van der Waals surface area contributed by atoms with Crippen molar-refractivity contribution in [1.82, 2.24) is 0 Å². The van der Waals surface area contributed by atoms with Gasteiger partial charge in [-0.05, 0) is 32.4 Å². The number of hydrogen-bond acceptors (Lipinski definition) is 6. The van der Waals surface area contributed by atoms with Crippen LogP contribution in [0.5, 0.6) is 11.5 Å². The molecule has 1 aromatic heterocycles. The molecule has 0 spiro atoms. The molecule has 8 heteroatoms. The van der Waals surface area contributed by atoms with Gasteiger partial charge in [-0.25, -0.2) is 0 Å². The molecule has 0 radical (unpaired) electrons. The third-order valence-corrected chi connectivity index (χ3v) is 4.29. The van der Waals surface area contributed by atoms with Gasteiger partial charge in [-0.1, -0.05) is 12.1 Å². The first kappa shape index (κ1) is 20.2. The van der Waals surface area contributed by atoms with Crippen LogP contribution in [0.25, 0.3) is 11.0 Å². The van der Waals surface area contributed by atoms with Crippen molar-refractivity contribution in [3.63, 3.8) is 0 Å². The molecule has 1 N–H and O–H groups in total. The number of furan rings is 1. The highest BCUT2D eigenvalue weighted by molar-refractivity contribution is 5.97. The van der Waals surface area contributed by atoms with E-state index in [9.17, 15) is 14.9 Å². The quantitative estimate of drug-likeness (QED) is 0.438. The minimum absolute atomic E-state index is 0.0182. The number of carbonyl (C=O) groups is 1. The lowest BCUT2D eigenvalue weighted by Crippen LogP contribution is -2.15. The molecule has 3 aromatic rings. The number of rotatable bonds is 8. The third-order valence-electron chi connectivity index (χ3n) is 4.29. The van der Waals surface area contributed by atoms with Crippen molar-refractivity contribution in [2.24, 2.45) is 0 Å². The molecule has 152 valence electrons. The van der Waals surface area contributed by atoms with Crippen LogP contribution < -0.4 is 14.8 Å². The summed E-state index contributed by atoms with van der Waals surface area (Å²) in [5.74, 6) is 0.192. The number of nitro groups is 1. The highest BCUT2D eigenvalue weighted by Gasteiger charge is 2.22. The summed E-state index contributed by atoms with van der Waals surface area (Å²) in [4.78, 5) is 23.5. The molecule has 0 aliphatic heterocycles. The van der Waals surface area contributed by atoms with Crippen molar-refractivity contribution in [3.05, 3.63) is 57.8 Å². The van der Waals surface area contributed by atoms with Crippen LogP contribution in [-0.2, 0) is 11.2 Å². The Labute approximate surface area is 167 Å². The number of nitrogens with zero attached hydrogens (tertiary/aromatic N) is 1. The topological polar surface area (TPSA) is 104 Å². The standard InChI is InChI=1S/C21H22N2O6/c1-4-27-19-10-16(17(23(25)26)11-20(19)28-5-2)22-21(24)9-14-12-29-18-8-13(3)6-7-15(14)18/h6-8,10-12H,4-5,9H2,1-3H3,(H,22,24). The Bertz CT molecular complexity index is 1060. The van der Waals surface area contributed by atoms with Crippen LogP contribution in [-0.4, -0.2) is 24.0 Å². The molecule has 1 heterocycles. The van der Waals surface area contributed by atoms with Gasteiger partial charge in [0.1, 0.15) is 11.3 Å². The lowest BCUT2D eigenvalue weighted by atomic mass is 10.1. The van der Waals surface area contributed by atoms with Crippen molar-refractivity contribution in [3.8, 4) is 11.5 Å². The van der Waals surface area contributed by atoms with Gasteiger partial charge in [-0.15, -0.1) is 0 Å². The highest BCUT2D eigenvalue weighted by Crippen LogP contribution is 2.38.